The van der Waals surface area contributed by atoms with Gasteiger partial charge in [-0.05, 0) is 71.1 Å². The molecule has 370 valence electrons. The molecule has 0 spiro atoms. The van der Waals surface area contributed by atoms with Crippen molar-refractivity contribution in [2.45, 2.75) is 243 Å². The zero-order chi connectivity index (χ0) is 46.7. The average molecular weight is 904 g/mol. The number of amides is 1. The molecule has 0 aromatic carbocycles. The summed E-state index contributed by atoms with van der Waals surface area (Å²) in [5.41, 5.74) is 0. The standard InChI is InChI=1S/C53H93NO10/c1-3-5-7-9-11-13-14-15-18-21-25-29-33-37-41-49(58)62-42-38-34-30-26-22-19-16-17-20-24-28-32-36-40-48(57)54-45(46(56)39-35-31-27-23-12-10-8-6-4-2)44-63-53-52(61)51(60)50(59)47(43-55)64-53/h4,6,12,17,20,23,28,32,35,39,45-47,50-53,55-56,59-61H,3,5,7-11,13-16,18-19,21-22,24-27,29-31,33-34,36-38,40-44H2,1-2H3,(H,54,57)/b6-4+,20-17-,23-12+,32-28-,39-35+. The minimum atomic E-state index is -1.60. The van der Waals surface area contributed by atoms with E-state index in [2.05, 4.69) is 42.6 Å². The molecule has 6 N–H and O–H groups in total. The molecule has 11 heteroatoms. The van der Waals surface area contributed by atoms with Crippen LogP contribution in [0.4, 0.5) is 0 Å². The van der Waals surface area contributed by atoms with Crippen LogP contribution in [0.3, 0.4) is 0 Å². The van der Waals surface area contributed by atoms with Gasteiger partial charge >= 0.3 is 5.97 Å². The number of unbranched alkanes of at least 4 members (excludes halogenated alkanes) is 21. The second-order valence-electron chi connectivity index (χ2n) is 17.5. The summed E-state index contributed by atoms with van der Waals surface area (Å²) in [7, 11) is 0. The van der Waals surface area contributed by atoms with Crippen LogP contribution in [0.15, 0.2) is 60.8 Å². The summed E-state index contributed by atoms with van der Waals surface area (Å²) in [6.07, 6.45) is 43.5. The normalized spacial score (nSPS) is 20.4. The van der Waals surface area contributed by atoms with Gasteiger partial charge in [0.1, 0.15) is 24.4 Å². The van der Waals surface area contributed by atoms with Crippen molar-refractivity contribution in [3.05, 3.63) is 60.8 Å². The topological polar surface area (TPSA) is 175 Å². The average Bonchev–Trinajstić information content (AvgIpc) is 3.29. The summed E-state index contributed by atoms with van der Waals surface area (Å²) in [4.78, 5) is 25.0. The molecule has 1 rings (SSSR count). The number of rotatable bonds is 42. The van der Waals surface area contributed by atoms with E-state index < -0.39 is 49.5 Å². The van der Waals surface area contributed by atoms with E-state index in [0.29, 0.717) is 25.9 Å². The van der Waals surface area contributed by atoms with Crippen molar-refractivity contribution >= 4 is 11.9 Å². The fourth-order valence-electron chi connectivity index (χ4n) is 7.58. The van der Waals surface area contributed by atoms with Gasteiger partial charge in [0, 0.05) is 12.8 Å². The second-order valence-corrected chi connectivity index (χ2v) is 17.5. The molecule has 1 fully saturated rings. The largest absolute Gasteiger partial charge is 0.466 e. The van der Waals surface area contributed by atoms with Gasteiger partial charge in [-0.15, -0.1) is 0 Å². The lowest BCUT2D eigenvalue weighted by Gasteiger charge is -2.40. The SMILES string of the molecule is C/C=C/CC/C=C/CC/C=C/C(O)C(COC1OC(CO)C(O)C(O)C1O)NC(=O)CC/C=C\C/C=C\CCCCCCCCOC(=O)CCCCCCCCCCCCCCCC. The molecule has 1 aliphatic heterocycles. The first kappa shape index (κ1) is 59.4. The van der Waals surface area contributed by atoms with Crippen LogP contribution >= 0.6 is 0 Å². The highest BCUT2D eigenvalue weighted by Gasteiger charge is 2.44. The van der Waals surface area contributed by atoms with E-state index in [0.717, 1.165) is 70.6 Å². The Kier molecular flexibility index (Phi) is 39.9. The number of hydrogen-bond acceptors (Lipinski definition) is 10. The van der Waals surface area contributed by atoms with Gasteiger partial charge in [0.25, 0.3) is 0 Å². The van der Waals surface area contributed by atoms with E-state index in [4.69, 9.17) is 14.2 Å². The Labute approximate surface area is 388 Å². The van der Waals surface area contributed by atoms with Crippen LogP contribution < -0.4 is 5.32 Å². The third-order valence-electron chi connectivity index (χ3n) is 11.7. The van der Waals surface area contributed by atoms with Crippen molar-refractivity contribution in [2.24, 2.45) is 0 Å². The Balaban J connectivity index is 2.18. The van der Waals surface area contributed by atoms with Crippen LogP contribution in [-0.4, -0.2) is 100 Å². The Morgan fingerprint density at radius 1 is 0.609 bits per heavy atom. The molecule has 11 nitrogen and oxygen atoms in total. The first-order valence-corrected chi connectivity index (χ1v) is 25.5. The minimum absolute atomic E-state index is 0.0404. The van der Waals surface area contributed by atoms with Crippen molar-refractivity contribution in [3.63, 3.8) is 0 Å². The number of aliphatic hydroxyl groups excluding tert-OH is 5. The summed E-state index contributed by atoms with van der Waals surface area (Å²) in [6.45, 7) is 3.97. The lowest BCUT2D eigenvalue weighted by atomic mass is 9.99. The van der Waals surface area contributed by atoms with Crippen molar-refractivity contribution < 1.29 is 49.3 Å². The van der Waals surface area contributed by atoms with Gasteiger partial charge < -0.3 is 45.1 Å². The molecule has 1 heterocycles. The molecule has 1 aliphatic rings. The molecule has 1 saturated heterocycles. The van der Waals surface area contributed by atoms with E-state index in [1.807, 2.05) is 31.2 Å². The molecule has 0 saturated carbocycles. The minimum Gasteiger partial charge on any atom is -0.466 e. The molecule has 0 radical (unpaired) electrons. The van der Waals surface area contributed by atoms with Gasteiger partial charge in [-0.1, -0.05) is 177 Å². The van der Waals surface area contributed by atoms with E-state index in [1.165, 1.54) is 89.9 Å². The van der Waals surface area contributed by atoms with Gasteiger partial charge in [0.15, 0.2) is 6.29 Å². The Hall–Kier alpha value is -2.64. The van der Waals surface area contributed by atoms with Crippen LogP contribution in [0.5, 0.6) is 0 Å². The van der Waals surface area contributed by atoms with E-state index in [1.54, 1.807) is 6.08 Å². The highest BCUT2D eigenvalue weighted by molar-refractivity contribution is 5.76. The molecular weight excluding hydrogens is 811 g/mol. The summed E-state index contributed by atoms with van der Waals surface area (Å²) in [6, 6.07) is -0.877. The predicted octanol–water partition coefficient (Wildman–Crippen LogP) is 10.3. The van der Waals surface area contributed by atoms with Gasteiger partial charge in [0.2, 0.25) is 5.91 Å². The number of allylic oxidation sites excluding steroid dienone is 9. The van der Waals surface area contributed by atoms with E-state index in [9.17, 15) is 35.1 Å². The van der Waals surface area contributed by atoms with Gasteiger partial charge in [-0.25, -0.2) is 0 Å². The van der Waals surface area contributed by atoms with Crippen LogP contribution in [-0.2, 0) is 23.8 Å². The number of aliphatic hydroxyl groups is 5. The number of carbonyl (C=O) groups is 2. The summed E-state index contributed by atoms with van der Waals surface area (Å²) in [5, 5.41) is 53.9. The molecule has 1 amide bonds. The molecule has 7 unspecified atom stereocenters. The predicted molar refractivity (Wildman–Crippen MR) is 260 cm³/mol. The lowest BCUT2D eigenvalue weighted by molar-refractivity contribution is -0.302. The Morgan fingerprint density at radius 2 is 1.14 bits per heavy atom. The van der Waals surface area contributed by atoms with Crippen LogP contribution in [0.25, 0.3) is 0 Å². The number of carbonyl (C=O) groups excluding carboxylic acids is 2. The van der Waals surface area contributed by atoms with Crippen LogP contribution in [0.1, 0.15) is 200 Å². The molecule has 0 bridgehead atoms. The highest BCUT2D eigenvalue weighted by Crippen LogP contribution is 2.22. The zero-order valence-corrected chi connectivity index (χ0v) is 40.2. The van der Waals surface area contributed by atoms with Gasteiger partial charge in [-0.3, -0.25) is 9.59 Å². The molecule has 0 aromatic heterocycles. The summed E-state index contributed by atoms with van der Waals surface area (Å²) in [5.74, 6) is -0.322. The maximum atomic E-state index is 12.9. The Bertz CT molecular complexity index is 1250. The van der Waals surface area contributed by atoms with Gasteiger partial charge in [-0.2, -0.15) is 0 Å². The number of hydrogen-bond donors (Lipinski definition) is 6. The summed E-state index contributed by atoms with van der Waals surface area (Å²) >= 11 is 0. The molecule has 0 aromatic rings. The molecule has 7 atom stereocenters. The molecular formula is C53H93NO10. The van der Waals surface area contributed by atoms with Crippen LogP contribution in [0.2, 0.25) is 0 Å². The zero-order valence-electron chi connectivity index (χ0n) is 40.2. The quantitative estimate of drug-likeness (QED) is 0.0197. The van der Waals surface area contributed by atoms with Crippen LogP contribution in [0, 0.1) is 0 Å². The molecule has 0 aliphatic carbocycles. The fourth-order valence-corrected chi connectivity index (χ4v) is 7.58. The third-order valence-corrected chi connectivity index (χ3v) is 11.7. The first-order valence-electron chi connectivity index (χ1n) is 25.5. The van der Waals surface area contributed by atoms with Crippen molar-refractivity contribution in [3.8, 4) is 0 Å². The third kappa shape index (κ3) is 32.9. The first-order chi connectivity index (χ1) is 31.2. The maximum Gasteiger partial charge on any atom is 0.305 e. The van der Waals surface area contributed by atoms with Gasteiger partial charge in [0.05, 0.1) is 32.0 Å². The van der Waals surface area contributed by atoms with E-state index in [-0.39, 0.29) is 24.9 Å². The number of esters is 1. The van der Waals surface area contributed by atoms with E-state index >= 15 is 0 Å². The Morgan fingerprint density at radius 3 is 1.75 bits per heavy atom. The fraction of sp³-hybridized carbons (Fsp3) is 0.774. The smallest absolute Gasteiger partial charge is 0.305 e. The van der Waals surface area contributed by atoms with Crippen molar-refractivity contribution in [1.29, 1.82) is 0 Å². The monoisotopic (exact) mass is 904 g/mol. The maximum absolute atomic E-state index is 12.9. The second kappa shape index (κ2) is 43.0. The van der Waals surface area contributed by atoms with Crippen molar-refractivity contribution in [2.75, 3.05) is 19.8 Å². The number of ether oxygens (including phenoxy) is 3. The summed E-state index contributed by atoms with van der Waals surface area (Å²) < 4.78 is 16.6. The number of nitrogens with one attached hydrogen (secondary N) is 1. The molecule has 64 heavy (non-hydrogen) atoms. The lowest BCUT2D eigenvalue weighted by Crippen LogP contribution is -2.60. The van der Waals surface area contributed by atoms with Crippen molar-refractivity contribution in [1.82, 2.24) is 5.32 Å². The highest BCUT2D eigenvalue weighted by atomic mass is 16.7.